The number of nitrogens with one attached hydrogen (secondary N) is 5. The average Bonchev–Trinajstić information content (AvgIpc) is 3.26. The Bertz CT molecular complexity index is 2830. The minimum Gasteiger partial charge on any atom is -0.482 e. The maximum atomic E-state index is 14.6. The number of halogens is 3. The lowest BCUT2D eigenvalue weighted by molar-refractivity contribution is -0.144. The number of likely N-dealkylation sites (tertiary alicyclic amines) is 1. The number of piperazine rings is 1. The van der Waals surface area contributed by atoms with E-state index >= 15 is 0 Å². The van der Waals surface area contributed by atoms with Crippen LogP contribution in [0.2, 0.25) is 5.02 Å². The van der Waals surface area contributed by atoms with Crippen LogP contribution in [0.15, 0.2) is 79.0 Å². The molecule has 21 nitrogen and oxygen atoms in total. The van der Waals surface area contributed by atoms with Crippen LogP contribution in [0.5, 0.6) is 5.75 Å². The molecule has 3 aromatic carbocycles. The Balaban J connectivity index is 0.807. The minimum atomic E-state index is -1.16. The van der Waals surface area contributed by atoms with Crippen LogP contribution in [-0.4, -0.2) is 178 Å². The van der Waals surface area contributed by atoms with Gasteiger partial charge in [0.2, 0.25) is 23.6 Å². The Labute approximate surface area is 495 Å². The van der Waals surface area contributed by atoms with Crippen molar-refractivity contribution in [2.45, 2.75) is 97.1 Å². The zero-order valence-corrected chi connectivity index (χ0v) is 49.7. The summed E-state index contributed by atoms with van der Waals surface area (Å²) in [6.07, 6.45) is 1.31. The van der Waals surface area contributed by atoms with E-state index in [1.807, 2.05) is 58.0 Å². The molecule has 2 saturated heterocycles. The molecule has 1 aromatic heterocycles. The first-order valence-electron chi connectivity index (χ1n) is 28.4. The predicted molar refractivity (Wildman–Crippen MR) is 313 cm³/mol. The average molecular weight is 1190 g/mol. The van der Waals surface area contributed by atoms with Gasteiger partial charge in [0.05, 0.1) is 87.5 Å². The molecule has 0 spiro atoms. The third-order valence-corrected chi connectivity index (χ3v) is 14.8. The van der Waals surface area contributed by atoms with E-state index < -0.39 is 52.7 Å². The number of anilines is 2. The number of rotatable bonds is 30. The van der Waals surface area contributed by atoms with Crippen molar-refractivity contribution in [1.82, 2.24) is 41.0 Å². The summed E-state index contributed by atoms with van der Waals surface area (Å²) in [6.45, 7) is 15.6. The topological polar surface area (TPSA) is 257 Å². The van der Waals surface area contributed by atoms with Crippen LogP contribution in [0.4, 0.5) is 20.3 Å². The summed E-state index contributed by atoms with van der Waals surface area (Å²) in [5, 5.41) is 14.9. The van der Waals surface area contributed by atoms with Gasteiger partial charge in [0.15, 0.2) is 17.4 Å². The molecule has 458 valence electrons. The number of nitrogen functional groups attached to an aromatic ring is 1. The third-order valence-electron chi connectivity index (χ3n) is 14.5. The normalized spacial score (nSPS) is 16.8. The van der Waals surface area contributed by atoms with Crippen LogP contribution in [0, 0.1) is 17.0 Å². The van der Waals surface area contributed by atoms with Crippen LogP contribution in [-0.2, 0) is 38.1 Å². The van der Waals surface area contributed by atoms with Crippen molar-refractivity contribution in [3.63, 3.8) is 0 Å². The molecule has 6 atom stereocenters. The first kappa shape index (κ1) is 66.3. The SMILES string of the molecule is CC[C@H](NC(=O)[C@H]1C[C@@H](NCCOCCOCCOCCOCCC(=O)N2CCN(C(=O)c3ccc(NC(=O)c4cnc(N)c(O[C@H](C)c5c(F)ccc(Cl)c5F)c4)cc3)CC2)CN1C(=O)[C@H](NC(=O)[C@@H](C)NC)C(C)(C)C)c1ccccc1. The van der Waals surface area contributed by atoms with E-state index in [1.165, 1.54) is 19.2 Å². The molecule has 0 aliphatic carbocycles. The summed E-state index contributed by atoms with van der Waals surface area (Å²) in [5.41, 5.74) is 6.73. The minimum absolute atomic E-state index is 0.0547. The third kappa shape index (κ3) is 19.1. The van der Waals surface area contributed by atoms with Gasteiger partial charge in [-0.2, -0.15) is 0 Å². The first-order chi connectivity index (χ1) is 40.2. The molecule has 84 heavy (non-hydrogen) atoms. The summed E-state index contributed by atoms with van der Waals surface area (Å²) >= 11 is 5.84. The maximum Gasteiger partial charge on any atom is 0.257 e. The second kappa shape index (κ2) is 32.4. The summed E-state index contributed by atoms with van der Waals surface area (Å²) in [5.74, 6) is -3.74. The molecule has 7 N–H and O–H groups in total. The Morgan fingerprint density at radius 3 is 2.04 bits per heavy atom. The highest BCUT2D eigenvalue weighted by atomic mass is 35.5. The van der Waals surface area contributed by atoms with E-state index in [-0.39, 0.29) is 83.3 Å². The summed E-state index contributed by atoms with van der Waals surface area (Å²) in [7, 11) is 1.68. The Kier molecular flexibility index (Phi) is 25.6. The lowest BCUT2D eigenvalue weighted by Crippen LogP contribution is -2.59. The number of aromatic nitrogens is 1. The van der Waals surface area contributed by atoms with E-state index in [0.717, 1.165) is 17.7 Å². The van der Waals surface area contributed by atoms with Crippen molar-refractivity contribution >= 4 is 58.5 Å². The lowest BCUT2D eigenvalue weighted by Gasteiger charge is -2.36. The van der Waals surface area contributed by atoms with Crippen LogP contribution in [0.25, 0.3) is 0 Å². The highest BCUT2D eigenvalue weighted by molar-refractivity contribution is 6.30. The maximum absolute atomic E-state index is 14.6. The zero-order chi connectivity index (χ0) is 60.9. The lowest BCUT2D eigenvalue weighted by atomic mass is 9.85. The van der Waals surface area contributed by atoms with Gasteiger partial charge in [-0.25, -0.2) is 13.8 Å². The second-order valence-corrected chi connectivity index (χ2v) is 22.0. The van der Waals surface area contributed by atoms with Crippen LogP contribution in [0.1, 0.15) is 105 Å². The molecule has 4 aromatic rings. The fraction of sp³-hybridized carbons (Fsp3) is 0.517. The van der Waals surface area contributed by atoms with Crippen molar-refractivity contribution in [3.8, 4) is 5.75 Å². The van der Waals surface area contributed by atoms with Gasteiger partial charge in [0, 0.05) is 62.8 Å². The number of pyridine rings is 1. The quantitative estimate of drug-likeness (QED) is 0.0271. The van der Waals surface area contributed by atoms with Gasteiger partial charge in [-0.3, -0.25) is 28.8 Å². The molecule has 2 aliphatic rings. The molecule has 6 rings (SSSR count). The van der Waals surface area contributed by atoms with Crippen LogP contribution < -0.4 is 37.1 Å². The Morgan fingerprint density at radius 2 is 1.42 bits per heavy atom. The van der Waals surface area contributed by atoms with Crippen molar-refractivity contribution < 1.29 is 61.2 Å². The standard InChI is InChI=1S/C60H81ClF2N10O11/c1-8-47(40-12-10-9-11-13-40)69-57(77)48-35-44(37-73(48)59(79)53(60(4,5)6)70-55(75)38(2)65-7)66-21-27-81-29-31-83-33-32-82-30-28-80-26-20-50(74)71-22-24-72(25-23-71)58(78)41-14-16-43(17-15-41)68-56(76)42-34-49(54(64)67-36-42)84-39(3)51-46(62)19-18-45(61)52(51)63/h9-19,34,36,38-39,44,47-48,53,65-66H,8,20-33,35,37H2,1-7H3,(H2,64,67)(H,68,76)(H,69,77)(H,70,75)/t38-,39-,44-,47+,48-,53+/m1/s1. The van der Waals surface area contributed by atoms with Gasteiger partial charge < -0.3 is 70.7 Å². The molecule has 0 saturated carbocycles. The molecule has 2 fully saturated rings. The molecular formula is C60H81ClF2N10O11. The Morgan fingerprint density at radius 1 is 0.798 bits per heavy atom. The van der Waals surface area contributed by atoms with Gasteiger partial charge in [0.1, 0.15) is 24.0 Å². The van der Waals surface area contributed by atoms with E-state index in [0.29, 0.717) is 103 Å². The van der Waals surface area contributed by atoms with Gasteiger partial charge in [-0.1, -0.05) is 69.6 Å². The largest absolute Gasteiger partial charge is 0.482 e. The van der Waals surface area contributed by atoms with Gasteiger partial charge in [0.25, 0.3) is 11.8 Å². The second-order valence-electron chi connectivity index (χ2n) is 21.6. The summed E-state index contributed by atoms with van der Waals surface area (Å²) in [4.78, 5) is 89.7. The molecule has 0 unspecified atom stereocenters. The van der Waals surface area contributed by atoms with Crippen molar-refractivity contribution in [2.75, 3.05) is 110 Å². The summed E-state index contributed by atoms with van der Waals surface area (Å²) in [6, 6.07) is 16.9. The molecular weight excluding hydrogens is 1110 g/mol. The smallest absolute Gasteiger partial charge is 0.257 e. The number of ether oxygens (including phenoxy) is 5. The first-order valence-corrected chi connectivity index (χ1v) is 28.8. The van der Waals surface area contributed by atoms with E-state index in [9.17, 15) is 37.5 Å². The number of likely N-dealkylation sites (N-methyl/N-ethyl adjacent to an activating group) is 1. The highest BCUT2D eigenvalue weighted by Gasteiger charge is 2.45. The monoisotopic (exact) mass is 1190 g/mol. The van der Waals surface area contributed by atoms with Crippen molar-refractivity contribution in [3.05, 3.63) is 118 Å². The predicted octanol–water partition coefficient (Wildman–Crippen LogP) is 5.69. The van der Waals surface area contributed by atoms with Crippen molar-refractivity contribution in [1.29, 1.82) is 0 Å². The summed E-state index contributed by atoms with van der Waals surface area (Å²) < 4.78 is 57.5. The number of hydrogen-bond acceptors (Lipinski definition) is 15. The zero-order valence-electron chi connectivity index (χ0n) is 49.0. The molecule has 2 aliphatic heterocycles. The highest BCUT2D eigenvalue weighted by Crippen LogP contribution is 2.33. The molecule has 3 heterocycles. The molecule has 6 amide bonds. The Hall–Kier alpha value is -6.86. The number of amides is 6. The number of benzene rings is 3. The molecule has 0 bridgehead atoms. The van der Waals surface area contributed by atoms with Gasteiger partial charge >= 0.3 is 0 Å². The van der Waals surface area contributed by atoms with E-state index in [1.54, 1.807) is 52.9 Å². The molecule has 0 radical (unpaired) electrons. The number of nitrogens with zero attached hydrogens (tertiary/aromatic N) is 4. The van der Waals surface area contributed by atoms with Crippen LogP contribution in [0.3, 0.4) is 0 Å². The van der Waals surface area contributed by atoms with Crippen molar-refractivity contribution in [2.24, 2.45) is 5.41 Å². The van der Waals surface area contributed by atoms with E-state index in [4.69, 9.17) is 41.0 Å². The molecule has 24 heteroatoms. The number of carbonyl (C=O) groups is 6. The fourth-order valence-electron chi connectivity index (χ4n) is 9.56. The number of carbonyl (C=O) groups excluding carboxylic acids is 6. The number of hydrogen-bond donors (Lipinski definition) is 6. The van der Waals surface area contributed by atoms with Gasteiger partial charge in [-0.15, -0.1) is 0 Å². The number of nitrogens with two attached hydrogens (primary N) is 1. The van der Waals surface area contributed by atoms with Crippen LogP contribution >= 0.6 is 11.6 Å². The van der Waals surface area contributed by atoms with E-state index in [2.05, 4.69) is 31.6 Å². The fourth-order valence-corrected chi connectivity index (χ4v) is 9.72. The van der Waals surface area contributed by atoms with Gasteiger partial charge in [-0.05, 0) is 87.2 Å².